The van der Waals surface area contributed by atoms with E-state index in [1.807, 2.05) is 5.16 Å². The van der Waals surface area contributed by atoms with Gasteiger partial charge in [0.2, 0.25) is 0 Å². The summed E-state index contributed by atoms with van der Waals surface area (Å²) in [6.07, 6.45) is -4.55. The van der Waals surface area contributed by atoms with Crippen molar-refractivity contribution >= 4 is 29.0 Å². The van der Waals surface area contributed by atoms with Gasteiger partial charge in [-0.15, -0.1) is 0 Å². The smallest absolute Gasteiger partial charge is 0.418 e. The van der Waals surface area contributed by atoms with Crippen molar-refractivity contribution in [3.05, 3.63) is 29.3 Å². The number of carbonyl (C=O) groups excluding carboxylic acids is 1. The highest BCUT2D eigenvalue weighted by molar-refractivity contribution is 7.78. The average molecular weight is 345 g/mol. The van der Waals surface area contributed by atoms with Crippen LogP contribution in [0.1, 0.15) is 44.7 Å². The van der Waals surface area contributed by atoms with Crippen molar-refractivity contribution in [2.45, 2.75) is 39.8 Å². The van der Waals surface area contributed by atoms with Crippen LogP contribution in [0.3, 0.4) is 0 Å². The maximum Gasteiger partial charge on any atom is 0.418 e. The number of thiocarbonyl (C=S) groups is 1. The van der Waals surface area contributed by atoms with Crippen LogP contribution in [0, 0.1) is 5.41 Å². The van der Waals surface area contributed by atoms with Crippen LogP contribution in [0.5, 0.6) is 0 Å². The molecule has 7 heteroatoms. The molecule has 0 aliphatic rings. The van der Waals surface area contributed by atoms with Crippen molar-refractivity contribution in [1.82, 2.24) is 0 Å². The summed E-state index contributed by atoms with van der Waals surface area (Å²) < 4.78 is 44.4. The molecule has 126 valence electrons. The van der Waals surface area contributed by atoms with Gasteiger partial charge in [-0.05, 0) is 44.6 Å². The number of carbonyl (C=O) groups is 1. The first-order valence-corrected chi connectivity index (χ1v) is 7.34. The number of ether oxygens (including phenoxy) is 1. The fraction of sp³-hybridized carbons (Fsp3) is 0.500. The van der Waals surface area contributed by atoms with Crippen LogP contribution in [0.15, 0.2) is 23.2 Å². The molecule has 0 radical (unpaired) electrons. The molecule has 0 aliphatic carbocycles. The van der Waals surface area contributed by atoms with Gasteiger partial charge in [0.25, 0.3) is 0 Å². The van der Waals surface area contributed by atoms with Gasteiger partial charge in [0.15, 0.2) is 0 Å². The first-order valence-electron chi connectivity index (χ1n) is 6.93. The summed E-state index contributed by atoms with van der Waals surface area (Å²) in [7, 11) is 0. The lowest BCUT2D eigenvalue weighted by atomic mass is 9.95. The van der Waals surface area contributed by atoms with Crippen molar-refractivity contribution in [2.75, 3.05) is 6.61 Å². The molecule has 23 heavy (non-hydrogen) atoms. The van der Waals surface area contributed by atoms with E-state index in [1.165, 1.54) is 12.1 Å². The predicted molar refractivity (Wildman–Crippen MR) is 85.0 cm³/mol. The number of esters is 1. The first kappa shape index (κ1) is 19.3. The largest absolute Gasteiger partial charge is 0.465 e. The summed E-state index contributed by atoms with van der Waals surface area (Å²) >= 11 is 4.45. The lowest BCUT2D eigenvalue weighted by Gasteiger charge is -2.21. The van der Waals surface area contributed by atoms with Gasteiger partial charge >= 0.3 is 12.1 Å². The number of isothiocyanates is 1. The van der Waals surface area contributed by atoms with Crippen LogP contribution in [0.2, 0.25) is 0 Å². The normalized spacial score (nSPS) is 13.2. The summed E-state index contributed by atoms with van der Waals surface area (Å²) in [4.78, 5) is 15.4. The zero-order valence-electron chi connectivity index (χ0n) is 13.3. The van der Waals surface area contributed by atoms with E-state index in [2.05, 4.69) is 17.2 Å². The van der Waals surface area contributed by atoms with Crippen molar-refractivity contribution in [3.63, 3.8) is 0 Å². The summed E-state index contributed by atoms with van der Waals surface area (Å²) in [6.45, 7) is 6.72. The molecule has 1 aromatic rings. The van der Waals surface area contributed by atoms with Gasteiger partial charge in [-0.3, -0.25) is 4.79 Å². The van der Waals surface area contributed by atoms with E-state index in [-0.39, 0.29) is 12.3 Å². The summed E-state index contributed by atoms with van der Waals surface area (Å²) in [5.41, 5.74) is -1.54. The standard InChI is InChI=1S/C16H18F3NO2S/c1-10(8-22-14(21)15(2,3)4)11-6-5-7-12(16(17,18)19)13(11)20-9-23/h5-7,10H,8H2,1-4H3. The fourth-order valence-electron chi connectivity index (χ4n) is 1.87. The van der Waals surface area contributed by atoms with Crippen molar-refractivity contribution in [3.8, 4) is 0 Å². The molecule has 0 aromatic heterocycles. The van der Waals surface area contributed by atoms with E-state index in [1.54, 1.807) is 27.7 Å². The number of rotatable bonds is 4. The van der Waals surface area contributed by atoms with E-state index >= 15 is 0 Å². The molecule has 0 bridgehead atoms. The topological polar surface area (TPSA) is 38.7 Å². The molecule has 0 heterocycles. The van der Waals surface area contributed by atoms with E-state index < -0.39 is 29.0 Å². The minimum atomic E-state index is -4.55. The third kappa shape index (κ3) is 5.15. The average Bonchev–Trinajstić information content (AvgIpc) is 2.42. The molecular formula is C16H18F3NO2S. The van der Waals surface area contributed by atoms with Gasteiger partial charge in [0.05, 0.1) is 28.4 Å². The number of benzene rings is 1. The molecule has 1 atom stereocenters. The zero-order chi connectivity index (χ0) is 17.8. The van der Waals surface area contributed by atoms with Crippen molar-refractivity contribution < 1.29 is 22.7 Å². The van der Waals surface area contributed by atoms with E-state index in [9.17, 15) is 18.0 Å². The van der Waals surface area contributed by atoms with Gasteiger partial charge in [0.1, 0.15) is 0 Å². The lowest BCUT2D eigenvalue weighted by molar-refractivity contribution is -0.153. The van der Waals surface area contributed by atoms with E-state index in [0.29, 0.717) is 5.56 Å². The van der Waals surface area contributed by atoms with Crippen LogP contribution < -0.4 is 0 Å². The molecular weight excluding hydrogens is 327 g/mol. The quantitative estimate of drug-likeness (QED) is 0.431. The van der Waals surface area contributed by atoms with Crippen LogP contribution in [0.4, 0.5) is 18.9 Å². The Morgan fingerprint density at radius 3 is 2.43 bits per heavy atom. The third-order valence-electron chi connectivity index (χ3n) is 3.14. The lowest BCUT2D eigenvalue weighted by Crippen LogP contribution is -2.24. The maximum atomic E-state index is 13.1. The second-order valence-electron chi connectivity index (χ2n) is 6.19. The Hall–Kier alpha value is -1.72. The summed E-state index contributed by atoms with van der Waals surface area (Å²) in [5, 5.41) is 1.98. The minimum Gasteiger partial charge on any atom is -0.465 e. The Morgan fingerprint density at radius 2 is 1.96 bits per heavy atom. The highest BCUT2D eigenvalue weighted by Crippen LogP contribution is 2.40. The molecule has 0 N–H and O–H groups in total. The van der Waals surface area contributed by atoms with Crippen molar-refractivity contribution in [1.29, 1.82) is 0 Å². The second-order valence-corrected chi connectivity index (χ2v) is 6.38. The molecule has 0 saturated heterocycles. The number of halogens is 3. The molecule has 0 amide bonds. The third-order valence-corrected chi connectivity index (χ3v) is 3.23. The summed E-state index contributed by atoms with van der Waals surface area (Å²) in [5.74, 6) is -0.887. The molecule has 0 saturated carbocycles. The molecule has 0 spiro atoms. The van der Waals surface area contributed by atoms with Gasteiger partial charge < -0.3 is 4.74 Å². The van der Waals surface area contributed by atoms with E-state index in [4.69, 9.17) is 4.74 Å². The Morgan fingerprint density at radius 1 is 1.35 bits per heavy atom. The highest BCUT2D eigenvalue weighted by Gasteiger charge is 2.35. The number of para-hydroxylation sites is 1. The predicted octanol–water partition coefficient (Wildman–Crippen LogP) is 5.13. The SMILES string of the molecule is CC(COC(=O)C(C)(C)C)c1cccc(C(F)(F)F)c1N=C=S. The van der Waals surface area contributed by atoms with Gasteiger partial charge in [0, 0.05) is 5.92 Å². The zero-order valence-corrected chi connectivity index (χ0v) is 14.1. The number of alkyl halides is 3. The van der Waals surface area contributed by atoms with Crippen LogP contribution >= 0.6 is 12.2 Å². The molecule has 1 rings (SSSR count). The number of nitrogens with zero attached hydrogens (tertiary/aromatic N) is 1. The van der Waals surface area contributed by atoms with Crippen LogP contribution in [0.25, 0.3) is 0 Å². The fourth-order valence-corrected chi connectivity index (χ4v) is 1.96. The Kier molecular flexibility index (Phi) is 6.08. The Labute approximate surface area is 138 Å². The van der Waals surface area contributed by atoms with Gasteiger partial charge in [-0.25, -0.2) is 0 Å². The Bertz CT molecular complexity index is 629. The number of hydrogen-bond acceptors (Lipinski definition) is 4. The van der Waals surface area contributed by atoms with Gasteiger partial charge in [-0.2, -0.15) is 18.2 Å². The minimum absolute atomic E-state index is 0.0443. The molecule has 1 aromatic carbocycles. The molecule has 0 aliphatic heterocycles. The monoisotopic (exact) mass is 345 g/mol. The van der Waals surface area contributed by atoms with Gasteiger partial charge in [-0.1, -0.05) is 19.1 Å². The Balaban J connectivity index is 3.12. The van der Waals surface area contributed by atoms with E-state index in [0.717, 1.165) is 6.07 Å². The highest BCUT2D eigenvalue weighted by atomic mass is 32.1. The van der Waals surface area contributed by atoms with Crippen molar-refractivity contribution in [2.24, 2.45) is 10.4 Å². The number of aliphatic imine (C=N–C) groups is 1. The molecule has 3 nitrogen and oxygen atoms in total. The van der Waals surface area contributed by atoms with Crippen LogP contribution in [-0.2, 0) is 15.7 Å². The maximum absolute atomic E-state index is 13.1. The second kappa shape index (κ2) is 7.23. The first-order chi connectivity index (χ1) is 10.5. The molecule has 0 fully saturated rings. The van der Waals surface area contributed by atoms with Crippen LogP contribution in [-0.4, -0.2) is 17.7 Å². The molecule has 1 unspecified atom stereocenters. The summed E-state index contributed by atoms with van der Waals surface area (Å²) in [6, 6.07) is 3.74. The number of hydrogen-bond donors (Lipinski definition) is 0.